The van der Waals surface area contributed by atoms with E-state index < -0.39 is 0 Å². The fourth-order valence-corrected chi connectivity index (χ4v) is 3.89. The first-order valence-corrected chi connectivity index (χ1v) is 9.95. The van der Waals surface area contributed by atoms with Gasteiger partial charge in [0.25, 0.3) is 0 Å². The number of anilines is 1. The second kappa shape index (κ2) is 9.06. The minimum Gasteiger partial charge on any atom is -0.494 e. The summed E-state index contributed by atoms with van der Waals surface area (Å²) in [6.07, 6.45) is 9.91. The van der Waals surface area contributed by atoms with E-state index in [1.165, 1.54) is 25.7 Å². The van der Waals surface area contributed by atoms with Crippen LogP contribution in [-0.4, -0.2) is 36.4 Å². The summed E-state index contributed by atoms with van der Waals surface area (Å²) in [4.78, 5) is 25.8. The molecular formula is C21H30N2O3. The minimum absolute atomic E-state index is 0.0717. The van der Waals surface area contributed by atoms with Gasteiger partial charge in [0.1, 0.15) is 5.75 Å². The highest BCUT2D eigenvalue weighted by molar-refractivity contribution is 5.94. The molecule has 2 amide bonds. The normalized spacial score (nSPS) is 17.8. The van der Waals surface area contributed by atoms with Gasteiger partial charge in [-0.25, -0.2) is 0 Å². The highest BCUT2D eigenvalue weighted by Gasteiger charge is 2.20. The molecule has 142 valence electrons. The van der Waals surface area contributed by atoms with Crippen LogP contribution < -0.4 is 10.1 Å². The van der Waals surface area contributed by atoms with Crippen LogP contribution in [0.5, 0.6) is 5.75 Å². The van der Waals surface area contributed by atoms with E-state index in [2.05, 4.69) is 5.32 Å². The molecule has 1 aromatic rings. The summed E-state index contributed by atoms with van der Waals surface area (Å²) in [6.45, 7) is 0.537. The van der Waals surface area contributed by atoms with Crippen molar-refractivity contribution in [2.75, 3.05) is 19.0 Å². The van der Waals surface area contributed by atoms with Crippen molar-refractivity contribution in [3.8, 4) is 5.75 Å². The van der Waals surface area contributed by atoms with Gasteiger partial charge < -0.3 is 15.0 Å². The van der Waals surface area contributed by atoms with Crippen LogP contribution >= 0.6 is 0 Å². The van der Waals surface area contributed by atoms with Gasteiger partial charge in [0.2, 0.25) is 11.8 Å². The second-order valence-electron chi connectivity index (χ2n) is 7.47. The molecule has 3 rings (SSSR count). The van der Waals surface area contributed by atoms with Crippen molar-refractivity contribution in [1.82, 2.24) is 4.90 Å². The number of hydrogen-bond donors (Lipinski definition) is 1. The van der Waals surface area contributed by atoms with E-state index in [1.54, 1.807) is 0 Å². The highest BCUT2D eigenvalue weighted by Crippen LogP contribution is 2.27. The van der Waals surface area contributed by atoms with Gasteiger partial charge >= 0.3 is 0 Å². The summed E-state index contributed by atoms with van der Waals surface area (Å²) in [5.41, 5.74) is 2.00. The largest absolute Gasteiger partial charge is 0.494 e. The van der Waals surface area contributed by atoms with E-state index in [4.69, 9.17) is 4.74 Å². The molecule has 1 aromatic carbocycles. The molecule has 0 atom stereocenters. The Morgan fingerprint density at radius 2 is 1.96 bits per heavy atom. The Morgan fingerprint density at radius 3 is 2.73 bits per heavy atom. The summed E-state index contributed by atoms with van der Waals surface area (Å²) in [5, 5.41) is 2.87. The molecule has 1 aliphatic heterocycles. The smallest absolute Gasteiger partial charge is 0.224 e. The number of hydrogen-bond acceptors (Lipinski definition) is 3. The Kier molecular flexibility index (Phi) is 6.53. The van der Waals surface area contributed by atoms with Crippen molar-refractivity contribution in [3.63, 3.8) is 0 Å². The highest BCUT2D eigenvalue weighted by atomic mass is 16.5. The number of carbonyl (C=O) groups excluding carboxylic acids is 2. The van der Waals surface area contributed by atoms with Gasteiger partial charge in [0, 0.05) is 31.6 Å². The summed E-state index contributed by atoms with van der Waals surface area (Å²) < 4.78 is 5.81. The molecule has 0 radical (unpaired) electrons. The molecule has 2 aliphatic rings. The van der Waals surface area contributed by atoms with Gasteiger partial charge in [-0.2, -0.15) is 0 Å². The molecule has 1 N–H and O–H groups in total. The van der Waals surface area contributed by atoms with Gasteiger partial charge in [-0.05, 0) is 49.4 Å². The fraction of sp³-hybridized carbons (Fsp3) is 0.619. The summed E-state index contributed by atoms with van der Waals surface area (Å²) >= 11 is 0. The lowest BCUT2D eigenvalue weighted by atomic mass is 10.0. The first kappa shape index (κ1) is 18.7. The molecule has 0 bridgehead atoms. The van der Waals surface area contributed by atoms with Gasteiger partial charge in [-0.15, -0.1) is 0 Å². The van der Waals surface area contributed by atoms with Crippen LogP contribution in [0.1, 0.15) is 63.4 Å². The number of benzene rings is 1. The van der Waals surface area contributed by atoms with Crippen molar-refractivity contribution in [2.45, 2.75) is 70.3 Å². The van der Waals surface area contributed by atoms with Crippen LogP contribution in [0.4, 0.5) is 5.69 Å². The van der Waals surface area contributed by atoms with Gasteiger partial charge in [0.15, 0.2) is 0 Å². The number of ether oxygens (including phenoxy) is 1. The van der Waals surface area contributed by atoms with E-state index >= 15 is 0 Å². The van der Waals surface area contributed by atoms with Crippen LogP contribution in [-0.2, 0) is 16.0 Å². The summed E-state index contributed by atoms with van der Waals surface area (Å²) in [7, 11) is 1.96. The summed E-state index contributed by atoms with van der Waals surface area (Å²) in [5.74, 6) is 1.11. The molecule has 0 unspecified atom stereocenters. The van der Waals surface area contributed by atoms with Crippen molar-refractivity contribution >= 4 is 17.5 Å². The van der Waals surface area contributed by atoms with Crippen LogP contribution in [0, 0.1) is 0 Å². The van der Waals surface area contributed by atoms with E-state index in [1.807, 2.05) is 30.1 Å². The SMILES string of the molecule is CN(C(=O)CCCOc1ccc2c(c1)CCC(=O)N2)C1CCCCCC1. The maximum Gasteiger partial charge on any atom is 0.224 e. The van der Waals surface area contributed by atoms with Crippen LogP contribution in [0.2, 0.25) is 0 Å². The molecule has 26 heavy (non-hydrogen) atoms. The zero-order valence-corrected chi connectivity index (χ0v) is 15.8. The Balaban J connectivity index is 1.41. The third-order valence-electron chi connectivity index (χ3n) is 5.54. The molecule has 1 fully saturated rings. The number of nitrogens with zero attached hydrogens (tertiary/aromatic N) is 1. The lowest BCUT2D eigenvalue weighted by Gasteiger charge is -2.27. The minimum atomic E-state index is 0.0717. The molecule has 0 saturated heterocycles. The zero-order chi connectivity index (χ0) is 18.4. The molecule has 5 nitrogen and oxygen atoms in total. The Morgan fingerprint density at radius 1 is 1.19 bits per heavy atom. The maximum absolute atomic E-state index is 12.4. The third kappa shape index (κ3) is 4.99. The van der Waals surface area contributed by atoms with Crippen LogP contribution in [0.3, 0.4) is 0 Å². The predicted octanol–water partition coefficient (Wildman–Crippen LogP) is 3.91. The van der Waals surface area contributed by atoms with E-state index in [0.717, 1.165) is 42.7 Å². The molecule has 0 spiro atoms. The quantitative estimate of drug-likeness (QED) is 0.619. The molecule has 1 saturated carbocycles. The van der Waals surface area contributed by atoms with Crippen molar-refractivity contribution in [1.29, 1.82) is 0 Å². The average Bonchev–Trinajstić information content (AvgIpc) is 2.94. The molecule has 1 aliphatic carbocycles. The predicted molar refractivity (Wildman–Crippen MR) is 102 cm³/mol. The number of fused-ring (bicyclic) bond motifs is 1. The van der Waals surface area contributed by atoms with Gasteiger partial charge in [-0.1, -0.05) is 25.7 Å². The van der Waals surface area contributed by atoms with E-state index in [9.17, 15) is 9.59 Å². The van der Waals surface area contributed by atoms with Crippen molar-refractivity contribution in [3.05, 3.63) is 23.8 Å². The molecular weight excluding hydrogens is 328 g/mol. The first-order chi connectivity index (χ1) is 12.6. The first-order valence-electron chi connectivity index (χ1n) is 9.95. The second-order valence-corrected chi connectivity index (χ2v) is 7.47. The third-order valence-corrected chi connectivity index (χ3v) is 5.54. The van der Waals surface area contributed by atoms with Gasteiger partial charge in [0.05, 0.1) is 6.61 Å². The van der Waals surface area contributed by atoms with E-state index in [0.29, 0.717) is 25.5 Å². The monoisotopic (exact) mass is 358 g/mol. The Bertz CT molecular complexity index is 636. The number of rotatable bonds is 6. The van der Waals surface area contributed by atoms with Gasteiger partial charge in [-0.3, -0.25) is 9.59 Å². The Labute approximate surface area is 156 Å². The number of nitrogens with one attached hydrogen (secondary N) is 1. The van der Waals surface area contributed by atoms with Crippen LogP contribution in [0.15, 0.2) is 18.2 Å². The number of aryl methyl sites for hydroxylation is 1. The maximum atomic E-state index is 12.4. The standard InChI is InChI=1S/C21H30N2O3/c1-23(17-7-4-2-3-5-8-17)21(25)9-6-14-26-18-11-12-19-16(15-18)10-13-20(24)22-19/h11-12,15,17H,2-10,13-14H2,1H3,(H,22,24). The lowest BCUT2D eigenvalue weighted by molar-refractivity contribution is -0.132. The molecule has 5 heteroatoms. The fourth-order valence-electron chi connectivity index (χ4n) is 3.89. The average molecular weight is 358 g/mol. The Hall–Kier alpha value is -2.04. The topological polar surface area (TPSA) is 58.6 Å². The van der Waals surface area contributed by atoms with Crippen molar-refractivity contribution < 1.29 is 14.3 Å². The number of carbonyl (C=O) groups is 2. The molecule has 1 heterocycles. The summed E-state index contributed by atoms with van der Waals surface area (Å²) in [6, 6.07) is 6.19. The molecule has 0 aromatic heterocycles. The number of amides is 2. The van der Waals surface area contributed by atoms with E-state index in [-0.39, 0.29) is 11.8 Å². The zero-order valence-electron chi connectivity index (χ0n) is 15.8. The lowest BCUT2D eigenvalue weighted by Crippen LogP contribution is -2.36. The van der Waals surface area contributed by atoms with Crippen molar-refractivity contribution in [2.24, 2.45) is 0 Å². The van der Waals surface area contributed by atoms with Crippen LogP contribution in [0.25, 0.3) is 0 Å².